The number of hydrogen-bond donors (Lipinski definition) is 1. The highest BCUT2D eigenvalue weighted by Crippen LogP contribution is 2.32. The maximum Gasteiger partial charge on any atom is 0.416 e. The molecule has 0 unspecified atom stereocenters. The van der Waals surface area contributed by atoms with Crippen molar-refractivity contribution in [1.29, 1.82) is 0 Å². The first-order valence-corrected chi connectivity index (χ1v) is 11.3. The maximum absolute atomic E-state index is 13.7. The third-order valence-electron chi connectivity index (χ3n) is 6.28. The monoisotopic (exact) mass is 488 g/mol. The van der Waals surface area contributed by atoms with E-state index < -0.39 is 29.3 Å². The summed E-state index contributed by atoms with van der Waals surface area (Å²) in [6.07, 6.45) is -3.88. The van der Waals surface area contributed by atoms with Gasteiger partial charge in [0, 0.05) is 26.2 Å². The topological polar surface area (TPSA) is 32.3 Å². The van der Waals surface area contributed by atoms with Crippen LogP contribution in [0.1, 0.15) is 34.6 Å². The quantitative estimate of drug-likeness (QED) is 0.438. The van der Waals surface area contributed by atoms with Crippen molar-refractivity contribution in [1.82, 2.24) is 10.2 Å². The van der Waals surface area contributed by atoms with Gasteiger partial charge in [0.05, 0.1) is 11.5 Å². The lowest BCUT2D eigenvalue weighted by atomic mass is 9.84. The van der Waals surface area contributed by atoms with Crippen molar-refractivity contribution in [3.63, 3.8) is 0 Å². The molecule has 1 amide bonds. The van der Waals surface area contributed by atoms with Gasteiger partial charge in [-0.2, -0.15) is 13.2 Å². The summed E-state index contributed by atoms with van der Waals surface area (Å²) in [5.74, 6) is -2.46. The third-order valence-corrected chi connectivity index (χ3v) is 6.28. The fraction of sp³-hybridized carbons (Fsp3) is 0.296. The largest absolute Gasteiger partial charge is 0.416 e. The van der Waals surface area contributed by atoms with Crippen LogP contribution in [-0.2, 0) is 24.1 Å². The van der Waals surface area contributed by atoms with E-state index in [4.69, 9.17) is 0 Å². The molecule has 3 nitrogen and oxygen atoms in total. The summed E-state index contributed by atoms with van der Waals surface area (Å²) in [6.45, 7) is 1.37. The molecule has 4 rings (SSSR count). The lowest BCUT2D eigenvalue weighted by molar-refractivity contribution is -0.137. The maximum atomic E-state index is 13.7. The fourth-order valence-corrected chi connectivity index (χ4v) is 4.56. The van der Waals surface area contributed by atoms with Crippen LogP contribution in [0.25, 0.3) is 0 Å². The predicted molar refractivity (Wildman–Crippen MR) is 122 cm³/mol. The molecule has 0 aliphatic carbocycles. The van der Waals surface area contributed by atoms with Gasteiger partial charge in [0.2, 0.25) is 5.91 Å². The van der Waals surface area contributed by atoms with Crippen molar-refractivity contribution >= 4 is 5.91 Å². The van der Waals surface area contributed by atoms with Gasteiger partial charge in [-0.1, -0.05) is 48.5 Å². The van der Waals surface area contributed by atoms with Crippen LogP contribution in [0.5, 0.6) is 0 Å². The lowest BCUT2D eigenvalue weighted by Crippen LogP contribution is -2.45. The first-order chi connectivity index (χ1) is 16.7. The molecule has 1 heterocycles. The number of alkyl halides is 3. The highest BCUT2D eigenvalue weighted by Gasteiger charge is 2.33. The van der Waals surface area contributed by atoms with Crippen LogP contribution in [0.3, 0.4) is 0 Å². The first kappa shape index (κ1) is 24.9. The van der Waals surface area contributed by atoms with Gasteiger partial charge in [-0.05, 0) is 53.3 Å². The Bertz CT molecular complexity index is 1170. The van der Waals surface area contributed by atoms with E-state index in [1.54, 1.807) is 6.07 Å². The minimum absolute atomic E-state index is 0.0154. The molecule has 35 heavy (non-hydrogen) atoms. The van der Waals surface area contributed by atoms with Gasteiger partial charge in [-0.25, -0.2) is 8.78 Å². The van der Waals surface area contributed by atoms with Crippen LogP contribution in [0.2, 0.25) is 0 Å². The molecule has 1 saturated heterocycles. The zero-order chi connectivity index (χ0) is 25.0. The smallest absolute Gasteiger partial charge is 0.352 e. The summed E-state index contributed by atoms with van der Waals surface area (Å²) in [7, 11) is 0. The Hall–Kier alpha value is -3.26. The molecule has 0 saturated carbocycles. The Kier molecular flexibility index (Phi) is 7.50. The molecule has 0 radical (unpaired) electrons. The Morgan fingerprint density at radius 1 is 0.886 bits per heavy atom. The Labute approximate surface area is 200 Å². The standard InChI is InChI=1S/C27H25F5N2O/c28-24-10-9-19(12-25(24)29)15-34-16-21(20-6-2-1-3-7-20)13-22(17-34)26(35)33-14-18-5-4-8-23(11-18)27(30,31)32/h1-12,21-22H,13-17H2,(H,33,35)/t21-,22-/m1/s1. The molecule has 0 bridgehead atoms. The van der Waals surface area contributed by atoms with Gasteiger partial charge in [0.25, 0.3) is 0 Å². The Balaban J connectivity index is 1.47. The van der Waals surface area contributed by atoms with Crippen molar-refractivity contribution in [2.45, 2.75) is 31.6 Å². The number of nitrogens with zero attached hydrogens (tertiary/aromatic N) is 1. The fourth-order valence-electron chi connectivity index (χ4n) is 4.56. The van der Waals surface area contributed by atoms with Gasteiger partial charge >= 0.3 is 6.18 Å². The van der Waals surface area contributed by atoms with Gasteiger partial charge < -0.3 is 5.32 Å². The second-order valence-electron chi connectivity index (χ2n) is 8.90. The number of carbonyl (C=O) groups is 1. The first-order valence-electron chi connectivity index (χ1n) is 11.3. The number of rotatable bonds is 6. The van der Waals surface area contributed by atoms with Crippen LogP contribution in [-0.4, -0.2) is 23.9 Å². The molecule has 3 aromatic carbocycles. The highest BCUT2D eigenvalue weighted by atomic mass is 19.4. The summed E-state index contributed by atoms with van der Waals surface area (Å²) in [6, 6.07) is 18.4. The number of likely N-dealkylation sites (tertiary alicyclic amines) is 1. The van der Waals surface area contributed by atoms with E-state index >= 15 is 0 Å². The molecule has 184 valence electrons. The van der Waals surface area contributed by atoms with Crippen molar-refractivity contribution in [3.05, 3.63) is 107 Å². The van der Waals surface area contributed by atoms with E-state index in [0.717, 1.165) is 29.8 Å². The second-order valence-corrected chi connectivity index (χ2v) is 8.90. The normalized spacial score (nSPS) is 18.9. The number of halogens is 5. The van der Waals surface area contributed by atoms with Crippen molar-refractivity contribution in [2.75, 3.05) is 13.1 Å². The average Bonchev–Trinajstić information content (AvgIpc) is 2.85. The van der Waals surface area contributed by atoms with Crippen LogP contribution >= 0.6 is 0 Å². The molecule has 3 aromatic rings. The summed E-state index contributed by atoms with van der Waals surface area (Å²) < 4.78 is 66.0. The predicted octanol–water partition coefficient (Wildman–Crippen LogP) is 5.91. The second kappa shape index (κ2) is 10.6. The number of piperidine rings is 1. The van der Waals surface area contributed by atoms with E-state index in [1.165, 1.54) is 12.1 Å². The molecule has 1 aliphatic heterocycles. The SMILES string of the molecule is O=C(NCc1cccc(C(F)(F)F)c1)[C@@H]1C[C@@H](c2ccccc2)CN(Cc2ccc(F)c(F)c2)C1. The molecule has 8 heteroatoms. The lowest BCUT2D eigenvalue weighted by Gasteiger charge is -2.37. The minimum Gasteiger partial charge on any atom is -0.352 e. The van der Waals surface area contributed by atoms with Crippen LogP contribution < -0.4 is 5.32 Å². The van der Waals surface area contributed by atoms with Gasteiger partial charge in [-0.15, -0.1) is 0 Å². The molecular formula is C27H25F5N2O. The number of nitrogens with one attached hydrogen (secondary N) is 1. The number of carbonyl (C=O) groups excluding carboxylic acids is 1. The van der Waals surface area contributed by atoms with Gasteiger partial charge in [0.15, 0.2) is 11.6 Å². The molecule has 2 atom stereocenters. The molecule has 0 spiro atoms. The van der Waals surface area contributed by atoms with Crippen LogP contribution in [0, 0.1) is 17.6 Å². The van der Waals surface area contributed by atoms with E-state index in [9.17, 15) is 26.7 Å². The van der Waals surface area contributed by atoms with Crippen molar-refractivity contribution < 1.29 is 26.7 Å². The average molecular weight is 489 g/mol. The van der Waals surface area contributed by atoms with E-state index in [-0.39, 0.29) is 18.4 Å². The Morgan fingerprint density at radius 3 is 2.37 bits per heavy atom. The molecular weight excluding hydrogens is 463 g/mol. The van der Waals surface area contributed by atoms with Crippen LogP contribution in [0.15, 0.2) is 72.8 Å². The zero-order valence-corrected chi connectivity index (χ0v) is 18.9. The highest BCUT2D eigenvalue weighted by molar-refractivity contribution is 5.79. The van der Waals surface area contributed by atoms with E-state index in [1.807, 2.05) is 35.2 Å². The molecule has 1 N–H and O–H groups in total. The zero-order valence-electron chi connectivity index (χ0n) is 18.9. The molecule has 0 aromatic heterocycles. The summed E-state index contributed by atoms with van der Waals surface area (Å²) in [5.41, 5.74) is 1.27. The van der Waals surface area contributed by atoms with Gasteiger partial charge in [-0.3, -0.25) is 9.69 Å². The van der Waals surface area contributed by atoms with Crippen LogP contribution in [0.4, 0.5) is 22.0 Å². The molecule has 1 aliphatic rings. The van der Waals surface area contributed by atoms with Crippen molar-refractivity contribution in [2.24, 2.45) is 5.92 Å². The van der Waals surface area contributed by atoms with E-state index in [0.29, 0.717) is 37.2 Å². The van der Waals surface area contributed by atoms with Gasteiger partial charge in [0.1, 0.15) is 0 Å². The summed E-state index contributed by atoms with van der Waals surface area (Å²) in [4.78, 5) is 15.1. The third kappa shape index (κ3) is 6.45. The summed E-state index contributed by atoms with van der Waals surface area (Å²) in [5, 5.41) is 2.78. The molecule has 1 fully saturated rings. The minimum atomic E-state index is -4.45. The number of amides is 1. The number of hydrogen-bond acceptors (Lipinski definition) is 2. The Morgan fingerprint density at radius 2 is 1.66 bits per heavy atom. The summed E-state index contributed by atoms with van der Waals surface area (Å²) >= 11 is 0. The van der Waals surface area contributed by atoms with Crippen molar-refractivity contribution in [3.8, 4) is 0 Å². The van der Waals surface area contributed by atoms with E-state index in [2.05, 4.69) is 5.32 Å². The number of benzene rings is 3.